The lowest BCUT2D eigenvalue weighted by molar-refractivity contribution is 0.0990. The maximum absolute atomic E-state index is 12.4. The standard InChI is InChI=1S/C17H16O5.C2H6/c1-2-11-7-12(15(20)8-13(11)18)14(19)5-10-3-4-16-17(6-10)22-9-21-16;1-2/h3-4,6-8,18,20H,2,5,9H2,1H3;1-2H3. The van der Waals surface area contributed by atoms with Gasteiger partial charge in [0.15, 0.2) is 17.3 Å². The lowest BCUT2D eigenvalue weighted by Gasteiger charge is -2.09. The topological polar surface area (TPSA) is 76.0 Å². The van der Waals surface area contributed by atoms with E-state index in [1.165, 1.54) is 6.07 Å². The van der Waals surface area contributed by atoms with E-state index in [-0.39, 0.29) is 36.1 Å². The average molecular weight is 330 g/mol. The molecule has 0 fully saturated rings. The van der Waals surface area contributed by atoms with Crippen molar-refractivity contribution in [2.75, 3.05) is 6.79 Å². The average Bonchev–Trinajstić information content (AvgIpc) is 3.04. The number of fused-ring (bicyclic) bond motifs is 1. The summed E-state index contributed by atoms with van der Waals surface area (Å²) in [7, 11) is 0. The molecular weight excluding hydrogens is 308 g/mol. The summed E-state index contributed by atoms with van der Waals surface area (Å²) in [6.07, 6.45) is 0.717. The molecule has 2 aromatic rings. The van der Waals surface area contributed by atoms with E-state index in [1.807, 2.05) is 20.8 Å². The van der Waals surface area contributed by atoms with E-state index in [9.17, 15) is 15.0 Å². The van der Waals surface area contributed by atoms with Gasteiger partial charge in [0.2, 0.25) is 6.79 Å². The van der Waals surface area contributed by atoms with Gasteiger partial charge in [-0.15, -0.1) is 0 Å². The molecule has 24 heavy (non-hydrogen) atoms. The summed E-state index contributed by atoms with van der Waals surface area (Å²) in [5, 5.41) is 19.6. The van der Waals surface area contributed by atoms with Gasteiger partial charge in [-0.3, -0.25) is 4.79 Å². The third kappa shape index (κ3) is 3.62. The van der Waals surface area contributed by atoms with Gasteiger partial charge in [0.1, 0.15) is 11.5 Å². The molecule has 2 aromatic carbocycles. The highest BCUT2D eigenvalue weighted by Gasteiger charge is 2.18. The zero-order valence-electron chi connectivity index (χ0n) is 14.1. The highest BCUT2D eigenvalue weighted by atomic mass is 16.7. The van der Waals surface area contributed by atoms with Gasteiger partial charge in [-0.2, -0.15) is 0 Å². The predicted octanol–water partition coefficient (Wildman–Crippen LogP) is 3.84. The Balaban J connectivity index is 0.00000100. The van der Waals surface area contributed by atoms with E-state index in [4.69, 9.17) is 9.47 Å². The number of rotatable bonds is 4. The van der Waals surface area contributed by atoms with Crippen LogP contribution in [0, 0.1) is 0 Å². The minimum atomic E-state index is -0.217. The maximum Gasteiger partial charge on any atom is 0.231 e. The minimum Gasteiger partial charge on any atom is -0.508 e. The zero-order chi connectivity index (χ0) is 17.7. The molecule has 0 unspecified atom stereocenters. The summed E-state index contributed by atoms with van der Waals surface area (Å²) in [5.41, 5.74) is 1.62. The van der Waals surface area contributed by atoms with E-state index in [2.05, 4.69) is 0 Å². The van der Waals surface area contributed by atoms with Crippen molar-refractivity contribution in [2.45, 2.75) is 33.6 Å². The van der Waals surface area contributed by atoms with Crippen LogP contribution in [-0.2, 0) is 12.8 Å². The van der Waals surface area contributed by atoms with Crippen LogP contribution in [0.15, 0.2) is 30.3 Å². The number of carbonyl (C=O) groups excluding carboxylic acids is 1. The number of carbonyl (C=O) groups is 1. The van der Waals surface area contributed by atoms with Gasteiger partial charge in [-0.1, -0.05) is 26.8 Å². The van der Waals surface area contributed by atoms with Crippen molar-refractivity contribution >= 4 is 5.78 Å². The van der Waals surface area contributed by atoms with Crippen LogP contribution in [0.25, 0.3) is 0 Å². The van der Waals surface area contributed by atoms with Gasteiger partial charge in [0, 0.05) is 12.5 Å². The Morgan fingerprint density at radius 1 is 1.04 bits per heavy atom. The van der Waals surface area contributed by atoms with Crippen LogP contribution in [0.2, 0.25) is 0 Å². The second-order valence-electron chi connectivity index (χ2n) is 5.14. The van der Waals surface area contributed by atoms with Gasteiger partial charge in [0.05, 0.1) is 5.56 Å². The first-order valence-electron chi connectivity index (χ1n) is 8.05. The third-order valence-corrected chi connectivity index (χ3v) is 3.68. The Morgan fingerprint density at radius 2 is 1.75 bits per heavy atom. The van der Waals surface area contributed by atoms with E-state index in [1.54, 1.807) is 24.3 Å². The van der Waals surface area contributed by atoms with E-state index in [0.717, 1.165) is 5.56 Å². The number of hydrogen-bond donors (Lipinski definition) is 2. The lowest BCUT2D eigenvalue weighted by atomic mass is 9.98. The fraction of sp³-hybridized carbons (Fsp3) is 0.316. The predicted molar refractivity (Wildman–Crippen MR) is 91.1 cm³/mol. The van der Waals surface area contributed by atoms with E-state index in [0.29, 0.717) is 23.5 Å². The molecule has 5 heteroatoms. The zero-order valence-corrected chi connectivity index (χ0v) is 14.1. The van der Waals surface area contributed by atoms with E-state index >= 15 is 0 Å². The van der Waals surface area contributed by atoms with Crippen LogP contribution >= 0.6 is 0 Å². The second-order valence-corrected chi connectivity index (χ2v) is 5.14. The van der Waals surface area contributed by atoms with Gasteiger partial charge in [0.25, 0.3) is 0 Å². The normalized spacial score (nSPS) is 11.6. The number of aryl methyl sites for hydroxylation is 1. The summed E-state index contributed by atoms with van der Waals surface area (Å²) < 4.78 is 10.5. The van der Waals surface area contributed by atoms with Crippen LogP contribution in [0.1, 0.15) is 42.3 Å². The number of ketones is 1. The van der Waals surface area contributed by atoms with Crippen LogP contribution < -0.4 is 9.47 Å². The van der Waals surface area contributed by atoms with Gasteiger partial charge in [-0.05, 0) is 35.7 Å². The Hall–Kier alpha value is -2.69. The number of phenols is 2. The molecule has 0 bridgehead atoms. The Morgan fingerprint density at radius 3 is 2.46 bits per heavy atom. The van der Waals surface area contributed by atoms with Crippen molar-refractivity contribution in [3.8, 4) is 23.0 Å². The lowest BCUT2D eigenvalue weighted by Crippen LogP contribution is -2.05. The first-order chi connectivity index (χ1) is 11.6. The molecular formula is C19H22O5. The van der Waals surface area contributed by atoms with Gasteiger partial charge < -0.3 is 19.7 Å². The number of ether oxygens (including phenoxy) is 2. The summed E-state index contributed by atoms with van der Waals surface area (Å²) in [6.45, 7) is 6.06. The third-order valence-electron chi connectivity index (χ3n) is 3.68. The van der Waals surface area contributed by atoms with Gasteiger partial charge >= 0.3 is 0 Å². The molecule has 0 atom stereocenters. The molecule has 0 amide bonds. The summed E-state index contributed by atoms with van der Waals surface area (Å²) >= 11 is 0. The minimum absolute atomic E-state index is 0.000343. The Labute approximate surface area is 141 Å². The summed E-state index contributed by atoms with van der Waals surface area (Å²) in [4.78, 5) is 12.4. The number of Topliss-reactive ketones (excluding diaryl/α,β-unsaturated/α-hetero) is 1. The van der Waals surface area contributed by atoms with E-state index < -0.39 is 0 Å². The molecule has 128 valence electrons. The molecule has 5 nitrogen and oxygen atoms in total. The molecule has 0 radical (unpaired) electrons. The largest absolute Gasteiger partial charge is 0.508 e. The van der Waals surface area contributed by atoms with Crippen LogP contribution in [0.5, 0.6) is 23.0 Å². The quantitative estimate of drug-likeness (QED) is 0.833. The van der Waals surface area contributed by atoms with Crippen molar-refractivity contribution in [2.24, 2.45) is 0 Å². The molecule has 3 rings (SSSR count). The number of hydrogen-bond acceptors (Lipinski definition) is 5. The molecule has 2 N–H and O–H groups in total. The van der Waals surface area contributed by atoms with Gasteiger partial charge in [-0.25, -0.2) is 0 Å². The molecule has 0 aliphatic carbocycles. The summed E-state index contributed by atoms with van der Waals surface area (Å²) in [6, 6.07) is 8.08. The Bertz CT molecular complexity index is 737. The number of aromatic hydroxyl groups is 2. The summed E-state index contributed by atoms with van der Waals surface area (Å²) in [5.74, 6) is 0.859. The van der Waals surface area contributed by atoms with Crippen LogP contribution in [-0.4, -0.2) is 22.8 Å². The second kappa shape index (κ2) is 7.73. The molecule has 0 saturated heterocycles. The molecule has 0 saturated carbocycles. The highest BCUT2D eigenvalue weighted by molar-refractivity contribution is 6.00. The number of benzene rings is 2. The maximum atomic E-state index is 12.4. The SMILES string of the molecule is CC.CCc1cc(C(=O)Cc2ccc3c(c2)OCO3)c(O)cc1O. The molecule has 1 aliphatic rings. The van der Waals surface area contributed by atoms with Crippen molar-refractivity contribution in [3.05, 3.63) is 47.0 Å². The van der Waals surface area contributed by atoms with Crippen LogP contribution in [0.3, 0.4) is 0 Å². The van der Waals surface area contributed by atoms with Crippen molar-refractivity contribution in [1.29, 1.82) is 0 Å². The smallest absolute Gasteiger partial charge is 0.231 e. The molecule has 0 spiro atoms. The van der Waals surface area contributed by atoms with Crippen LogP contribution in [0.4, 0.5) is 0 Å². The highest BCUT2D eigenvalue weighted by Crippen LogP contribution is 2.33. The van der Waals surface area contributed by atoms with Crippen molar-refractivity contribution in [1.82, 2.24) is 0 Å². The van der Waals surface area contributed by atoms with Crippen molar-refractivity contribution in [3.63, 3.8) is 0 Å². The number of phenolic OH excluding ortho intramolecular Hbond substituents is 2. The van der Waals surface area contributed by atoms with Crippen molar-refractivity contribution < 1.29 is 24.5 Å². The molecule has 1 heterocycles. The molecule has 0 aromatic heterocycles. The first kappa shape index (κ1) is 17.7. The monoisotopic (exact) mass is 330 g/mol. The first-order valence-corrected chi connectivity index (χ1v) is 8.05. The fourth-order valence-electron chi connectivity index (χ4n) is 2.46. The Kier molecular flexibility index (Phi) is 5.68. The molecule has 1 aliphatic heterocycles. The fourth-order valence-corrected chi connectivity index (χ4v) is 2.46.